The Morgan fingerprint density at radius 1 is 1.13 bits per heavy atom. The van der Waals surface area contributed by atoms with Gasteiger partial charge < -0.3 is 10.6 Å². The van der Waals surface area contributed by atoms with Crippen molar-refractivity contribution in [3.05, 3.63) is 24.3 Å². The van der Waals surface area contributed by atoms with Gasteiger partial charge in [-0.1, -0.05) is 47.1 Å². The lowest BCUT2D eigenvalue weighted by Crippen LogP contribution is -2.20. The lowest BCUT2D eigenvalue weighted by Gasteiger charge is -2.17. The van der Waals surface area contributed by atoms with Crippen LogP contribution >= 0.6 is 0 Å². The first kappa shape index (κ1) is 19.2. The molecular weight excluding hydrogens is 288 g/mol. The van der Waals surface area contributed by atoms with Gasteiger partial charge in [-0.3, -0.25) is 9.59 Å². The molecule has 1 atom stereocenters. The molecule has 4 heteroatoms. The van der Waals surface area contributed by atoms with Crippen LogP contribution in [0.4, 0.5) is 11.4 Å². The summed E-state index contributed by atoms with van der Waals surface area (Å²) in [6.45, 7) is 10.4. The summed E-state index contributed by atoms with van der Waals surface area (Å²) >= 11 is 0. The summed E-state index contributed by atoms with van der Waals surface area (Å²) in [6, 6.07) is 7.30. The smallest absolute Gasteiger partial charge is 0.227 e. The summed E-state index contributed by atoms with van der Waals surface area (Å²) in [7, 11) is 0. The van der Waals surface area contributed by atoms with Gasteiger partial charge in [-0.2, -0.15) is 0 Å². The predicted octanol–water partition coefficient (Wildman–Crippen LogP) is 4.83. The fourth-order valence-corrected chi connectivity index (χ4v) is 2.22. The quantitative estimate of drug-likeness (QED) is 0.756. The number of hydrogen-bond donors (Lipinski definition) is 2. The largest absolute Gasteiger partial charge is 0.326 e. The molecular formula is C19H30N2O2. The van der Waals surface area contributed by atoms with Crippen molar-refractivity contribution in [1.29, 1.82) is 0 Å². The van der Waals surface area contributed by atoms with Gasteiger partial charge in [-0.05, 0) is 36.5 Å². The van der Waals surface area contributed by atoms with Crippen LogP contribution in [0, 0.1) is 11.3 Å². The van der Waals surface area contributed by atoms with Crippen LogP contribution in [0.25, 0.3) is 0 Å². The van der Waals surface area contributed by atoms with Crippen LogP contribution in [0.5, 0.6) is 0 Å². The Morgan fingerprint density at radius 2 is 1.74 bits per heavy atom. The van der Waals surface area contributed by atoms with Gasteiger partial charge in [-0.25, -0.2) is 0 Å². The summed E-state index contributed by atoms with van der Waals surface area (Å²) in [5.41, 5.74) is 1.57. The molecule has 23 heavy (non-hydrogen) atoms. The number of rotatable bonds is 7. The first-order valence-corrected chi connectivity index (χ1v) is 8.42. The Hall–Kier alpha value is -1.84. The van der Waals surface area contributed by atoms with Crippen LogP contribution in [-0.2, 0) is 9.59 Å². The molecule has 2 N–H and O–H groups in total. The maximum Gasteiger partial charge on any atom is 0.227 e. The molecule has 0 aliphatic carbocycles. The van der Waals surface area contributed by atoms with Crippen LogP contribution in [0.15, 0.2) is 24.3 Å². The van der Waals surface area contributed by atoms with E-state index in [0.717, 1.165) is 19.3 Å². The molecule has 0 radical (unpaired) electrons. The van der Waals surface area contributed by atoms with Crippen molar-refractivity contribution in [2.24, 2.45) is 11.3 Å². The number of amides is 2. The molecule has 0 spiro atoms. The molecule has 1 unspecified atom stereocenters. The first-order valence-electron chi connectivity index (χ1n) is 8.42. The fraction of sp³-hybridized carbons (Fsp3) is 0.579. The maximum absolute atomic E-state index is 12.1. The van der Waals surface area contributed by atoms with E-state index in [1.54, 1.807) is 6.07 Å². The lowest BCUT2D eigenvalue weighted by atomic mass is 9.90. The molecule has 0 aliphatic rings. The van der Waals surface area contributed by atoms with E-state index in [4.69, 9.17) is 0 Å². The Balaban J connectivity index is 2.59. The summed E-state index contributed by atoms with van der Waals surface area (Å²) < 4.78 is 0. The number of carbonyl (C=O) groups is 2. The number of hydrogen-bond acceptors (Lipinski definition) is 2. The normalized spacial score (nSPS) is 12.6. The molecule has 0 aliphatic heterocycles. The van der Waals surface area contributed by atoms with Gasteiger partial charge in [0.15, 0.2) is 0 Å². The minimum absolute atomic E-state index is 0.00255. The van der Waals surface area contributed by atoms with Gasteiger partial charge in [0.05, 0.1) is 0 Å². The number of carbonyl (C=O) groups excluding carboxylic acids is 2. The third kappa shape index (κ3) is 7.82. The van der Waals surface area contributed by atoms with Crippen molar-refractivity contribution in [1.82, 2.24) is 0 Å². The van der Waals surface area contributed by atoms with Gasteiger partial charge in [0.2, 0.25) is 11.8 Å². The van der Waals surface area contributed by atoms with E-state index in [0.29, 0.717) is 17.8 Å². The van der Waals surface area contributed by atoms with Crippen LogP contribution in [0.3, 0.4) is 0 Å². The van der Waals surface area contributed by atoms with Gasteiger partial charge in [-0.15, -0.1) is 0 Å². The van der Waals surface area contributed by atoms with Crippen molar-refractivity contribution in [2.45, 2.75) is 60.3 Å². The molecule has 0 bridgehead atoms. The van der Waals surface area contributed by atoms with E-state index >= 15 is 0 Å². The molecule has 128 valence electrons. The highest BCUT2D eigenvalue weighted by Gasteiger charge is 2.14. The van der Waals surface area contributed by atoms with Gasteiger partial charge >= 0.3 is 0 Å². The number of nitrogens with one attached hydrogen (secondary N) is 2. The average molecular weight is 318 g/mol. The minimum Gasteiger partial charge on any atom is -0.326 e. The molecule has 0 fully saturated rings. The zero-order valence-corrected chi connectivity index (χ0v) is 15.0. The van der Waals surface area contributed by atoms with Gasteiger partial charge in [0, 0.05) is 23.7 Å². The summed E-state index contributed by atoms with van der Waals surface area (Å²) in [4.78, 5) is 24.0. The zero-order chi connectivity index (χ0) is 17.5. The molecule has 1 aromatic rings. The van der Waals surface area contributed by atoms with Crippen LogP contribution < -0.4 is 10.6 Å². The summed E-state index contributed by atoms with van der Waals surface area (Å²) in [6.07, 6.45) is 3.19. The SMILES string of the molecule is CCCC(C)C(=O)Nc1cccc(NC(=O)CCC(C)(C)C)c1. The van der Waals surface area contributed by atoms with E-state index in [-0.39, 0.29) is 23.1 Å². The Bertz CT molecular complexity index is 532. The van der Waals surface area contributed by atoms with Crippen LogP contribution in [-0.4, -0.2) is 11.8 Å². The second kappa shape index (κ2) is 8.70. The Kier molecular flexibility index (Phi) is 7.27. The molecule has 2 amide bonds. The van der Waals surface area contributed by atoms with Crippen LogP contribution in [0.2, 0.25) is 0 Å². The highest BCUT2D eigenvalue weighted by Crippen LogP contribution is 2.22. The van der Waals surface area contributed by atoms with Crippen molar-refractivity contribution >= 4 is 23.2 Å². The van der Waals surface area contributed by atoms with E-state index < -0.39 is 0 Å². The van der Waals surface area contributed by atoms with Crippen LogP contribution in [0.1, 0.15) is 60.3 Å². The molecule has 4 nitrogen and oxygen atoms in total. The van der Waals surface area contributed by atoms with E-state index in [2.05, 4.69) is 38.3 Å². The molecule has 0 aromatic heterocycles. The van der Waals surface area contributed by atoms with E-state index in [1.165, 1.54) is 0 Å². The van der Waals surface area contributed by atoms with Crippen molar-refractivity contribution < 1.29 is 9.59 Å². The molecule has 1 aromatic carbocycles. The minimum atomic E-state index is -0.00923. The fourth-order valence-electron chi connectivity index (χ4n) is 2.22. The Morgan fingerprint density at radius 3 is 2.30 bits per heavy atom. The maximum atomic E-state index is 12.1. The standard InChI is InChI=1S/C19H30N2O2/c1-6-8-14(2)18(23)21-16-10-7-9-15(13-16)20-17(22)11-12-19(3,4)5/h7,9-10,13-14H,6,8,11-12H2,1-5H3,(H,20,22)(H,21,23). The third-order valence-electron chi connectivity index (χ3n) is 3.69. The third-order valence-corrected chi connectivity index (χ3v) is 3.69. The highest BCUT2D eigenvalue weighted by atomic mass is 16.2. The van der Waals surface area contributed by atoms with Crippen molar-refractivity contribution in [3.63, 3.8) is 0 Å². The molecule has 1 rings (SSSR count). The van der Waals surface area contributed by atoms with E-state index in [9.17, 15) is 9.59 Å². The first-order chi connectivity index (χ1) is 10.7. The van der Waals surface area contributed by atoms with Gasteiger partial charge in [0.25, 0.3) is 0 Å². The zero-order valence-electron chi connectivity index (χ0n) is 15.0. The summed E-state index contributed by atoms with van der Waals surface area (Å²) in [5.74, 6) is 0.0100. The average Bonchev–Trinajstić information content (AvgIpc) is 2.45. The Labute approximate surface area is 140 Å². The molecule has 0 heterocycles. The molecule has 0 saturated heterocycles. The van der Waals surface area contributed by atoms with Gasteiger partial charge in [0.1, 0.15) is 0 Å². The number of benzene rings is 1. The predicted molar refractivity (Wildman–Crippen MR) is 96.5 cm³/mol. The lowest BCUT2D eigenvalue weighted by molar-refractivity contribution is -0.119. The monoisotopic (exact) mass is 318 g/mol. The van der Waals surface area contributed by atoms with E-state index in [1.807, 2.05) is 25.1 Å². The second-order valence-electron chi connectivity index (χ2n) is 7.37. The second-order valence-corrected chi connectivity index (χ2v) is 7.37. The number of anilines is 2. The van der Waals surface area contributed by atoms with Crippen molar-refractivity contribution in [3.8, 4) is 0 Å². The van der Waals surface area contributed by atoms with Crippen molar-refractivity contribution in [2.75, 3.05) is 10.6 Å². The highest BCUT2D eigenvalue weighted by molar-refractivity contribution is 5.94. The molecule has 0 saturated carbocycles. The topological polar surface area (TPSA) is 58.2 Å². The summed E-state index contributed by atoms with van der Waals surface area (Å²) in [5, 5.41) is 5.80.